The minimum absolute atomic E-state index is 0.0904. The van der Waals surface area contributed by atoms with E-state index < -0.39 is 6.10 Å². The maximum Gasteiger partial charge on any atom is 0.252 e. The van der Waals surface area contributed by atoms with Gasteiger partial charge in [0.05, 0.1) is 12.9 Å². The second kappa shape index (κ2) is 4.66. The summed E-state index contributed by atoms with van der Waals surface area (Å²) in [5.74, 6) is 0.639. The molecular formula is C14H13NO3. The molecule has 1 aromatic carbocycles. The summed E-state index contributed by atoms with van der Waals surface area (Å²) in [7, 11) is 0. The molecule has 2 atom stereocenters. The fourth-order valence-corrected chi connectivity index (χ4v) is 1.99. The zero-order valence-corrected chi connectivity index (χ0v) is 9.71. The molecule has 4 heteroatoms. The number of β-lactam (4-membered cyclic amide) rings is 1. The molecule has 0 saturated carbocycles. The lowest BCUT2D eigenvalue weighted by Gasteiger charge is -2.34. The molecule has 3 rings (SSSR count). The van der Waals surface area contributed by atoms with Gasteiger partial charge in [-0.1, -0.05) is 30.3 Å². The van der Waals surface area contributed by atoms with E-state index in [1.54, 1.807) is 12.3 Å². The average molecular weight is 243 g/mol. The van der Waals surface area contributed by atoms with Gasteiger partial charge >= 0.3 is 0 Å². The molecule has 0 radical (unpaired) electrons. The molecule has 2 heterocycles. The lowest BCUT2D eigenvalue weighted by molar-refractivity contribution is -0.151. The van der Waals surface area contributed by atoms with Crippen molar-refractivity contribution in [3.05, 3.63) is 60.1 Å². The predicted octanol–water partition coefficient (Wildman–Crippen LogP) is 2.04. The first-order valence-electron chi connectivity index (χ1n) is 5.84. The van der Waals surface area contributed by atoms with Crippen LogP contribution >= 0.6 is 0 Å². The van der Waals surface area contributed by atoms with Crippen molar-refractivity contribution < 1.29 is 13.9 Å². The number of furan rings is 1. The largest absolute Gasteiger partial charge is 0.467 e. The topological polar surface area (TPSA) is 51.5 Å². The number of carbonyl (C=O) groups is 1. The van der Waals surface area contributed by atoms with Crippen LogP contribution in [0.15, 0.2) is 53.1 Å². The van der Waals surface area contributed by atoms with E-state index in [1.807, 2.05) is 36.4 Å². The summed E-state index contributed by atoms with van der Waals surface area (Å²) in [5.41, 5.74) is 1.05. The molecule has 2 aromatic rings. The molecule has 1 fully saturated rings. The van der Waals surface area contributed by atoms with Crippen molar-refractivity contribution in [2.24, 2.45) is 0 Å². The van der Waals surface area contributed by atoms with Crippen molar-refractivity contribution in [1.82, 2.24) is 5.32 Å². The highest BCUT2D eigenvalue weighted by molar-refractivity contribution is 5.88. The van der Waals surface area contributed by atoms with Crippen LogP contribution in [0.2, 0.25) is 0 Å². The minimum atomic E-state index is -0.462. The van der Waals surface area contributed by atoms with Crippen molar-refractivity contribution in [1.29, 1.82) is 0 Å². The molecule has 2 unspecified atom stereocenters. The first-order chi connectivity index (χ1) is 8.84. The van der Waals surface area contributed by atoms with E-state index in [4.69, 9.17) is 9.15 Å². The van der Waals surface area contributed by atoms with Gasteiger partial charge in [-0.05, 0) is 17.7 Å². The first kappa shape index (κ1) is 11.0. The molecule has 0 bridgehead atoms. The quantitative estimate of drug-likeness (QED) is 0.836. The van der Waals surface area contributed by atoms with Crippen LogP contribution in [0.25, 0.3) is 0 Å². The van der Waals surface area contributed by atoms with Gasteiger partial charge in [-0.2, -0.15) is 0 Å². The maximum atomic E-state index is 11.5. The fourth-order valence-electron chi connectivity index (χ4n) is 1.99. The van der Waals surface area contributed by atoms with Crippen LogP contribution < -0.4 is 5.32 Å². The molecule has 1 N–H and O–H groups in total. The number of nitrogens with one attached hydrogen (secondary N) is 1. The lowest BCUT2D eigenvalue weighted by atomic mass is 9.99. The molecule has 4 nitrogen and oxygen atoms in total. The van der Waals surface area contributed by atoms with Crippen molar-refractivity contribution in [3.8, 4) is 0 Å². The average Bonchev–Trinajstić information content (AvgIpc) is 2.90. The fraction of sp³-hybridized carbons (Fsp3) is 0.214. The Morgan fingerprint density at radius 3 is 2.67 bits per heavy atom. The summed E-state index contributed by atoms with van der Waals surface area (Å²) in [6, 6.07) is 13.3. The van der Waals surface area contributed by atoms with Crippen LogP contribution in [0.3, 0.4) is 0 Å². The van der Waals surface area contributed by atoms with E-state index in [0.717, 1.165) is 11.3 Å². The van der Waals surface area contributed by atoms with Gasteiger partial charge < -0.3 is 14.5 Å². The highest BCUT2D eigenvalue weighted by Crippen LogP contribution is 2.28. The summed E-state index contributed by atoms with van der Waals surface area (Å²) in [5, 5.41) is 2.77. The summed E-state index contributed by atoms with van der Waals surface area (Å²) < 4.78 is 10.9. The van der Waals surface area contributed by atoms with Gasteiger partial charge in [0.15, 0.2) is 6.10 Å². The standard InChI is InChI=1S/C14H13NO3/c16-14-13(12(15-14)11-7-4-8-17-11)18-9-10-5-2-1-3-6-10/h1-8,12-13H,9H2,(H,15,16). The minimum Gasteiger partial charge on any atom is -0.467 e. The van der Waals surface area contributed by atoms with E-state index >= 15 is 0 Å². The van der Waals surface area contributed by atoms with E-state index in [2.05, 4.69) is 5.32 Å². The smallest absolute Gasteiger partial charge is 0.252 e. The number of hydrogen-bond donors (Lipinski definition) is 1. The highest BCUT2D eigenvalue weighted by atomic mass is 16.5. The van der Waals surface area contributed by atoms with Gasteiger partial charge in [-0.15, -0.1) is 0 Å². The van der Waals surface area contributed by atoms with Gasteiger partial charge in [-0.3, -0.25) is 4.79 Å². The molecule has 0 aliphatic carbocycles. The zero-order valence-electron chi connectivity index (χ0n) is 9.71. The molecule has 18 heavy (non-hydrogen) atoms. The Balaban J connectivity index is 1.63. The summed E-state index contributed by atoms with van der Waals surface area (Å²) >= 11 is 0. The SMILES string of the molecule is O=C1NC(c2ccco2)C1OCc1ccccc1. The van der Waals surface area contributed by atoms with Gasteiger partial charge in [0.25, 0.3) is 5.91 Å². The van der Waals surface area contributed by atoms with Crippen LogP contribution in [0.4, 0.5) is 0 Å². The normalized spacial score (nSPS) is 22.3. The van der Waals surface area contributed by atoms with Crippen LogP contribution in [-0.4, -0.2) is 12.0 Å². The Kier molecular flexibility index (Phi) is 2.86. The van der Waals surface area contributed by atoms with Gasteiger partial charge in [0.1, 0.15) is 11.8 Å². The number of benzene rings is 1. The van der Waals surface area contributed by atoms with Crippen molar-refractivity contribution in [2.45, 2.75) is 18.8 Å². The lowest BCUT2D eigenvalue weighted by Crippen LogP contribution is -2.56. The molecule has 1 aromatic heterocycles. The Morgan fingerprint density at radius 1 is 1.17 bits per heavy atom. The molecule has 1 amide bonds. The molecule has 0 spiro atoms. The zero-order chi connectivity index (χ0) is 12.4. The summed E-state index contributed by atoms with van der Waals surface area (Å²) in [4.78, 5) is 11.5. The van der Waals surface area contributed by atoms with Crippen molar-refractivity contribution >= 4 is 5.91 Å². The third-order valence-corrected chi connectivity index (χ3v) is 2.98. The third-order valence-electron chi connectivity index (χ3n) is 2.98. The number of ether oxygens (including phenoxy) is 1. The molecule has 1 aliphatic rings. The second-order valence-corrected chi connectivity index (χ2v) is 4.22. The first-order valence-corrected chi connectivity index (χ1v) is 5.84. The Hall–Kier alpha value is -2.07. The number of rotatable bonds is 4. The van der Waals surface area contributed by atoms with Gasteiger partial charge in [0.2, 0.25) is 0 Å². The number of hydrogen-bond acceptors (Lipinski definition) is 3. The van der Waals surface area contributed by atoms with E-state index in [9.17, 15) is 4.79 Å². The van der Waals surface area contributed by atoms with Crippen molar-refractivity contribution in [3.63, 3.8) is 0 Å². The number of carbonyl (C=O) groups excluding carboxylic acids is 1. The van der Waals surface area contributed by atoms with E-state index in [1.165, 1.54) is 0 Å². The summed E-state index contributed by atoms with van der Waals surface area (Å²) in [6.07, 6.45) is 1.13. The molecular weight excluding hydrogens is 230 g/mol. The van der Waals surface area contributed by atoms with Crippen LogP contribution in [0.1, 0.15) is 17.4 Å². The second-order valence-electron chi connectivity index (χ2n) is 4.22. The Morgan fingerprint density at radius 2 is 2.00 bits per heavy atom. The van der Waals surface area contributed by atoms with Crippen LogP contribution in [-0.2, 0) is 16.1 Å². The van der Waals surface area contributed by atoms with E-state index in [-0.39, 0.29) is 11.9 Å². The van der Waals surface area contributed by atoms with Gasteiger partial charge in [-0.25, -0.2) is 0 Å². The number of amides is 1. The van der Waals surface area contributed by atoms with Gasteiger partial charge in [0, 0.05) is 0 Å². The molecule has 1 saturated heterocycles. The third kappa shape index (κ3) is 2.02. The van der Waals surface area contributed by atoms with Crippen LogP contribution in [0, 0.1) is 0 Å². The summed E-state index contributed by atoms with van der Waals surface area (Å²) in [6.45, 7) is 0.427. The Labute approximate surface area is 105 Å². The molecule has 1 aliphatic heterocycles. The predicted molar refractivity (Wildman–Crippen MR) is 64.6 cm³/mol. The highest BCUT2D eigenvalue weighted by Gasteiger charge is 2.42. The monoisotopic (exact) mass is 243 g/mol. The van der Waals surface area contributed by atoms with Crippen LogP contribution in [0.5, 0.6) is 0 Å². The maximum absolute atomic E-state index is 11.5. The molecule has 92 valence electrons. The van der Waals surface area contributed by atoms with Crippen molar-refractivity contribution in [2.75, 3.05) is 0 Å². The van der Waals surface area contributed by atoms with E-state index in [0.29, 0.717) is 6.61 Å². The Bertz CT molecular complexity index is 521.